The molecule has 1 aromatic heterocycles. The smallest absolute Gasteiger partial charge is 0.182 e. The van der Waals surface area contributed by atoms with Crippen molar-refractivity contribution in [3.63, 3.8) is 0 Å². The second-order valence-corrected chi connectivity index (χ2v) is 2.20. The van der Waals surface area contributed by atoms with Gasteiger partial charge in [-0.25, -0.2) is 9.37 Å². The van der Waals surface area contributed by atoms with Gasteiger partial charge in [0.25, 0.3) is 0 Å². The molecule has 0 bridgehead atoms. The number of nitrogen functional groups attached to an aromatic ring is 1. The van der Waals surface area contributed by atoms with E-state index in [0.717, 1.165) is 0 Å². The van der Waals surface area contributed by atoms with Gasteiger partial charge in [-0.3, -0.25) is 0 Å². The zero-order valence-corrected chi connectivity index (χ0v) is 5.54. The van der Waals surface area contributed by atoms with Crippen molar-refractivity contribution in [3.8, 4) is 0 Å². The van der Waals surface area contributed by atoms with Crippen LogP contribution >= 0.6 is 0 Å². The molecule has 0 aliphatic rings. The molecule has 0 fully saturated rings. The van der Waals surface area contributed by atoms with Crippen molar-refractivity contribution in [1.82, 2.24) is 4.98 Å². The lowest BCUT2D eigenvalue weighted by Gasteiger charge is -1.92. The Balaban J connectivity index is 2.91. The molecule has 4 heteroatoms. The third kappa shape index (κ3) is 0.832. The third-order valence-electron chi connectivity index (χ3n) is 1.43. The normalized spacial score (nSPS) is 10.6. The van der Waals surface area contributed by atoms with E-state index in [-0.39, 0.29) is 5.69 Å². The molecule has 1 aromatic carbocycles. The minimum absolute atomic E-state index is 0.275. The Labute approximate surface area is 61.6 Å². The summed E-state index contributed by atoms with van der Waals surface area (Å²) < 4.78 is 17.5. The van der Waals surface area contributed by atoms with Crippen LogP contribution in [0.1, 0.15) is 0 Å². The maximum absolute atomic E-state index is 12.6. The van der Waals surface area contributed by atoms with Crippen molar-refractivity contribution in [2.45, 2.75) is 0 Å². The lowest BCUT2D eigenvalue weighted by atomic mass is 10.3. The van der Waals surface area contributed by atoms with Crippen molar-refractivity contribution < 1.29 is 8.81 Å². The Morgan fingerprint density at radius 2 is 2.27 bits per heavy atom. The van der Waals surface area contributed by atoms with E-state index in [1.165, 1.54) is 18.5 Å². The van der Waals surface area contributed by atoms with Gasteiger partial charge in [0.2, 0.25) is 0 Å². The molecule has 0 saturated heterocycles. The first-order valence-corrected chi connectivity index (χ1v) is 3.05. The van der Waals surface area contributed by atoms with E-state index >= 15 is 0 Å². The van der Waals surface area contributed by atoms with Gasteiger partial charge in [-0.15, -0.1) is 0 Å². The Hall–Kier alpha value is -1.58. The standard InChI is InChI=1S/C7H5FN2O/c8-4-1-5(9)7-6(2-4)10-3-11-7/h1-3H,9H2. The maximum Gasteiger partial charge on any atom is 0.182 e. The van der Waals surface area contributed by atoms with Gasteiger partial charge in [-0.05, 0) is 0 Å². The molecule has 56 valence electrons. The minimum Gasteiger partial charge on any atom is -0.441 e. The minimum atomic E-state index is -0.399. The fourth-order valence-electron chi connectivity index (χ4n) is 0.960. The number of hydrogen-bond donors (Lipinski definition) is 1. The van der Waals surface area contributed by atoms with Gasteiger partial charge in [-0.1, -0.05) is 0 Å². The number of oxazole rings is 1. The summed E-state index contributed by atoms with van der Waals surface area (Å²) in [5.74, 6) is -0.399. The average molecular weight is 152 g/mol. The number of halogens is 1. The molecule has 2 rings (SSSR count). The van der Waals surface area contributed by atoms with Crippen molar-refractivity contribution in [3.05, 3.63) is 24.3 Å². The molecule has 1 heterocycles. The lowest BCUT2D eigenvalue weighted by molar-refractivity contribution is 0.601. The van der Waals surface area contributed by atoms with Crippen molar-refractivity contribution in [2.75, 3.05) is 5.73 Å². The van der Waals surface area contributed by atoms with E-state index in [1.54, 1.807) is 0 Å². The first-order chi connectivity index (χ1) is 5.27. The molecule has 2 aromatic rings. The molecule has 0 unspecified atom stereocenters. The fraction of sp³-hybridized carbons (Fsp3) is 0. The number of benzene rings is 1. The molecule has 0 amide bonds. The van der Waals surface area contributed by atoms with Gasteiger partial charge in [0.05, 0.1) is 5.69 Å². The zero-order valence-electron chi connectivity index (χ0n) is 5.54. The Morgan fingerprint density at radius 3 is 3.09 bits per heavy atom. The molecule has 0 radical (unpaired) electrons. The van der Waals surface area contributed by atoms with Crippen LogP contribution in [0.3, 0.4) is 0 Å². The topological polar surface area (TPSA) is 52.0 Å². The number of fused-ring (bicyclic) bond motifs is 1. The molecule has 0 aliphatic heterocycles. The molecule has 0 saturated carbocycles. The molecule has 3 nitrogen and oxygen atoms in total. The maximum atomic E-state index is 12.6. The molecular formula is C7H5FN2O. The van der Waals surface area contributed by atoms with Crippen LogP contribution < -0.4 is 5.73 Å². The van der Waals surface area contributed by atoms with Crippen LogP contribution in [0.25, 0.3) is 11.1 Å². The van der Waals surface area contributed by atoms with Gasteiger partial charge in [0, 0.05) is 12.1 Å². The number of anilines is 1. The predicted molar refractivity (Wildman–Crippen MR) is 38.4 cm³/mol. The fourth-order valence-corrected chi connectivity index (χ4v) is 0.960. The van der Waals surface area contributed by atoms with E-state index in [4.69, 9.17) is 10.2 Å². The summed E-state index contributed by atoms with van der Waals surface area (Å²) in [5.41, 5.74) is 6.59. The highest BCUT2D eigenvalue weighted by molar-refractivity contribution is 5.84. The van der Waals surface area contributed by atoms with Crippen molar-refractivity contribution in [1.29, 1.82) is 0 Å². The summed E-state index contributed by atoms with van der Waals surface area (Å²) in [5, 5.41) is 0. The SMILES string of the molecule is Nc1cc(F)cc2ncoc12. The van der Waals surface area contributed by atoms with Crippen LogP contribution in [-0.4, -0.2) is 4.98 Å². The molecule has 2 N–H and O–H groups in total. The Kier molecular flexibility index (Phi) is 1.09. The van der Waals surface area contributed by atoms with E-state index in [9.17, 15) is 4.39 Å². The second-order valence-electron chi connectivity index (χ2n) is 2.20. The molecule has 0 aliphatic carbocycles. The number of aromatic nitrogens is 1. The molecule has 0 atom stereocenters. The zero-order chi connectivity index (χ0) is 7.84. The average Bonchev–Trinajstić information content (AvgIpc) is 2.34. The molecule has 11 heavy (non-hydrogen) atoms. The molecular weight excluding hydrogens is 147 g/mol. The second kappa shape index (κ2) is 1.95. The lowest BCUT2D eigenvalue weighted by Crippen LogP contribution is -1.86. The summed E-state index contributed by atoms with van der Waals surface area (Å²) in [6, 6.07) is 2.47. The highest BCUT2D eigenvalue weighted by Gasteiger charge is 2.04. The van der Waals surface area contributed by atoms with E-state index in [0.29, 0.717) is 11.1 Å². The van der Waals surface area contributed by atoms with Crippen LogP contribution in [0, 0.1) is 5.82 Å². The van der Waals surface area contributed by atoms with Gasteiger partial charge < -0.3 is 10.2 Å². The predicted octanol–water partition coefficient (Wildman–Crippen LogP) is 1.55. The summed E-state index contributed by atoms with van der Waals surface area (Å²) in [4.78, 5) is 3.75. The Morgan fingerprint density at radius 1 is 1.45 bits per heavy atom. The van der Waals surface area contributed by atoms with Gasteiger partial charge in [-0.2, -0.15) is 0 Å². The van der Waals surface area contributed by atoms with Crippen molar-refractivity contribution in [2.24, 2.45) is 0 Å². The van der Waals surface area contributed by atoms with Gasteiger partial charge in [0.1, 0.15) is 11.3 Å². The van der Waals surface area contributed by atoms with Crippen LogP contribution in [-0.2, 0) is 0 Å². The summed E-state index contributed by atoms with van der Waals surface area (Å²) >= 11 is 0. The summed E-state index contributed by atoms with van der Waals surface area (Å²) in [6.07, 6.45) is 1.24. The first-order valence-electron chi connectivity index (χ1n) is 3.05. The van der Waals surface area contributed by atoms with Crippen LogP contribution in [0.4, 0.5) is 10.1 Å². The van der Waals surface area contributed by atoms with E-state index in [2.05, 4.69) is 4.98 Å². The van der Waals surface area contributed by atoms with Gasteiger partial charge >= 0.3 is 0 Å². The highest BCUT2D eigenvalue weighted by atomic mass is 19.1. The number of nitrogens with zero attached hydrogens (tertiary/aromatic N) is 1. The highest BCUT2D eigenvalue weighted by Crippen LogP contribution is 2.20. The number of hydrogen-bond acceptors (Lipinski definition) is 3. The summed E-state index contributed by atoms with van der Waals surface area (Å²) in [6.45, 7) is 0. The third-order valence-corrected chi connectivity index (χ3v) is 1.43. The van der Waals surface area contributed by atoms with Crippen LogP contribution in [0.2, 0.25) is 0 Å². The quantitative estimate of drug-likeness (QED) is 0.582. The number of nitrogens with two attached hydrogens (primary N) is 1. The first kappa shape index (κ1) is 6.15. The van der Waals surface area contributed by atoms with Crippen molar-refractivity contribution >= 4 is 16.8 Å². The summed E-state index contributed by atoms with van der Waals surface area (Å²) in [7, 11) is 0. The Bertz CT molecular complexity index is 396. The van der Waals surface area contributed by atoms with E-state index in [1.807, 2.05) is 0 Å². The van der Waals surface area contributed by atoms with Crippen LogP contribution in [0.5, 0.6) is 0 Å². The number of rotatable bonds is 0. The monoisotopic (exact) mass is 152 g/mol. The largest absolute Gasteiger partial charge is 0.441 e. The van der Waals surface area contributed by atoms with E-state index < -0.39 is 5.82 Å². The molecule has 0 spiro atoms. The van der Waals surface area contributed by atoms with Gasteiger partial charge in [0.15, 0.2) is 12.0 Å². The van der Waals surface area contributed by atoms with Crippen LogP contribution in [0.15, 0.2) is 22.9 Å².